The van der Waals surface area contributed by atoms with E-state index in [4.69, 9.17) is 4.74 Å². The molecule has 0 radical (unpaired) electrons. The molecule has 0 aliphatic carbocycles. The summed E-state index contributed by atoms with van der Waals surface area (Å²) in [6.07, 6.45) is 3.48. The number of ether oxygens (including phenoxy) is 1. The number of benzene rings is 1. The molecule has 0 bridgehead atoms. The summed E-state index contributed by atoms with van der Waals surface area (Å²) in [7, 11) is 1.61. The second-order valence-corrected chi connectivity index (χ2v) is 7.96. The van der Waals surface area contributed by atoms with Crippen LogP contribution in [0.2, 0.25) is 0 Å². The van der Waals surface area contributed by atoms with Crippen LogP contribution in [0, 0.1) is 11.8 Å². The Labute approximate surface area is 172 Å². The van der Waals surface area contributed by atoms with Gasteiger partial charge in [-0.15, -0.1) is 0 Å². The third-order valence-electron chi connectivity index (χ3n) is 5.89. The van der Waals surface area contributed by atoms with Crippen LogP contribution in [0.25, 0.3) is 0 Å². The largest absolute Gasteiger partial charge is 0.383 e. The van der Waals surface area contributed by atoms with E-state index in [0.717, 1.165) is 24.9 Å². The van der Waals surface area contributed by atoms with Crippen LogP contribution in [0.1, 0.15) is 32.1 Å². The van der Waals surface area contributed by atoms with Gasteiger partial charge in [-0.05, 0) is 37.3 Å². The van der Waals surface area contributed by atoms with Crippen LogP contribution in [0.4, 0.5) is 5.69 Å². The number of carbonyl (C=O) groups is 3. The normalized spacial score (nSPS) is 20.2. The summed E-state index contributed by atoms with van der Waals surface area (Å²) < 4.78 is 5.03. The Balaban J connectivity index is 1.37. The summed E-state index contributed by atoms with van der Waals surface area (Å²) >= 11 is 0. The van der Waals surface area contributed by atoms with Gasteiger partial charge in [-0.25, -0.2) is 0 Å². The lowest BCUT2D eigenvalue weighted by Gasteiger charge is -2.33. The van der Waals surface area contributed by atoms with Gasteiger partial charge in [0, 0.05) is 51.8 Å². The zero-order chi connectivity index (χ0) is 20.6. The van der Waals surface area contributed by atoms with Gasteiger partial charge >= 0.3 is 0 Å². The molecule has 2 saturated heterocycles. The van der Waals surface area contributed by atoms with E-state index in [1.54, 1.807) is 12.0 Å². The maximum absolute atomic E-state index is 12.8. The minimum atomic E-state index is -0.229. The summed E-state index contributed by atoms with van der Waals surface area (Å²) in [6, 6.07) is 9.48. The van der Waals surface area contributed by atoms with E-state index < -0.39 is 0 Å². The highest BCUT2D eigenvalue weighted by atomic mass is 16.5. The van der Waals surface area contributed by atoms with E-state index in [2.05, 4.69) is 5.32 Å². The van der Waals surface area contributed by atoms with E-state index in [0.29, 0.717) is 51.5 Å². The Morgan fingerprint density at radius 3 is 2.59 bits per heavy atom. The molecule has 0 spiro atoms. The van der Waals surface area contributed by atoms with Crippen LogP contribution in [0.5, 0.6) is 0 Å². The lowest BCUT2D eigenvalue weighted by molar-refractivity contribution is -0.137. The highest BCUT2D eigenvalue weighted by Gasteiger charge is 2.37. The molecule has 29 heavy (non-hydrogen) atoms. The van der Waals surface area contributed by atoms with Crippen LogP contribution in [0.15, 0.2) is 30.3 Å². The molecule has 1 aromatic rings. The maximum atomic E-state index is 12.8. The van der Waals surface area contributed by atoms with Crippen molar-refractivity contribution in [1.82, 2.24) is 9.80 Å². The molecule has 0 saturated carbocycles. The van der Waals surface area contributed by atoms with Gasteiger partial charge in [-0.3, -0.25) is 14.4 Å². The highest BCUT2D eigenvalue weighted by Crippen LogP contribution is 2.26. The number of amides is 3. The Kier molecular flexibility index (Phi) is 7.63. The number of rotatable bonds is 8. The highest BCUT2D eigenvalue weighted by molar-refractivity contribution is 5.90. The van der Waals surface area contributed by atoms with Crippen molar-refractivity contribution in [1.29, 1.82) is 0 Å². The van der Waals surface area contributed by atoms with Crippen LogP contribution in [0.3, 0.4) is 0 Å². The Bertz CT molecular complexity index is 701. The van der Waals surface area contributed by atoms with Crippen molar-refractivity contribution in [2.24, 2.45) is 11.8 Å². The number of carbonyl (C=O) groups excluding carboxylic acids is 3. The van der Waals surface area contributed by atoms with Gasteiger partial charge in [0.15, 0.2) is 0 Å². The molecule has 2 heterocycles. The molecular weight excluding hydrogens is 370 g/mol. The van der Waals surface area contributed by atoms with Gasteiger partial charge in [-0.1, -0.05) is 18.2 Å². The Morgan fingerprint density at radius 2 is 1.90 bits per heavy atom. The zero-order valence-corrected chi connectivity index (χ0v) is 17.1. The average Bonchev–Trinajstić information content (AvgIpc) is 3.12. The van der Waals surface area contributed by atoms with Crippen LogP contribution < -0.4 is 5.32 Å². The molecule has 3 rings (SSSR count). The van der Waals surface area contributed by atoms with Crippen molar-refractivity contribution in [2.45, 2.75) is 32.1 Å². The number of hydrogen-bond acceptors (Lipinski definition) is 4. The molecular formula is C22H31N3O4. The predicted molar refractivity (Wildman–Crippen MR) is 110 cm³/mol. The first-order chi connectivity index (χ1) is 14.1. The molecule has 3 amide bonds. The number of nitrogens with one attached hydrogen (secondary N) is 1. The van der Waals surface area contributed by atoms with Crippen molar-refractivity contribution in [3.63, 3.8) is 0 Å². The monoisotopic (exact) mass is 401 g/mol. The molecule has 158 valence electrons. The quantitative estimate of drug-likeness (QED) is 0.724. The number of likely N-dealkylation sites (tertiary alicyclic amines) is 2. The fourth-order valence-electron chi connectivity index (χ4n) is 4.14. The third-order valence-corrected chi connectivity index (χ3v) is 5.89. The lowest BCUT2D eigenvalue weighted by atomic mass is 9.91. The van der Waals surface area contributed by atoms with Gasteiger partial charge in [-0.2, -0.15) is 0 Å². The first-order valence-corrected chi connectivity index (χ1v) is 10.5. The molecule has 0 aromatic heterocycles. The lowest BCUT2D eigenvalue weighted by Crippen LogP contribution is -2.42. The number of nitrogens with zero attached hydrogens (tertiary/aromatic N) is 2. The van der Waals surface area contributed by atoms with Gasteiger partial charge in [0.2, 0.25) is 17.7 Å². The third kappa shape index (κ3) is 6.03. The summed E-state index contributed by atoms with van der Waals surface area (Å²) in [6.45, 7) is 2.97. The predicted octanol–water partition coefficient (Wildman–Crippen LogP) is 2.14. The van der Waals surface area contributed by atoms with Crippen molar-refractivity contribution in [3.8, 4) is 0 Å². The topological polar surface area (TPSA) is 79.0 Å². The molecule has 2 aliphatic rings. The second kappa shape index (κ2) is 10.4. The van der Waals surface area contributed by atoms with E-state index in [-0.39, 0.29) is 23.6 Å². The molecule has 1 unspecified atom stereocenters. The van der Waals surface area contributed by atoms with E-state index in [9.17, 15) is 14.4 Å². The molecule has 1 atom stereocenters. The van der Waals surface area contributed by atoms with Crippen molar-refractivity contribution in [2.75, 3.05) is 45.2 Å². The fraction of sp³-hybridized carbons (Fsp3) is 0.591. The minimum Gasteiger partial charge on any atom is -0.383 e. The van der Waals surface area contributed by atoms with Gasteiger partial charge in [0.1, 0.15) is 0 Å². The Hall–Kier alpha value is -2.41. The smallest absolute Gasteiger partial charge is 0.227 e. The number of piperidine rings is 1. The zero-order valence-electron chi connectivity index (χ0n) is 17.1. The van der Waals surface area contributed by atoms with Gasteiger partial charge < -0.3 is 19.9 Å². The van der Waals surface area contributed by atoms with Crippen LogP contribution in [-0.2, 0) is 19.1 Å². The number of para-hydroxylation sites is 1. The summed E-state index contributed by atoms with van der Waals surface area (Å²) in [4.78, 5) is 40.6. The first kappa shape index (κ1) is 21.3. The Morgan fingerprint density at radius 1 is 1.17 bits per heavy atom. The van der Waals surface area contributed by atoms with Gasteiger partial charge in [0.25, 0.3) is 0 Å². The van der Waals surface area contributed by atoms with E-state index >= 15 is 0 Å². The maximum Gasteiger partial charge on any atom is 0.227 e. The van der Waals surface area contributed by atoms with Crippen molar-refractivity contribution >= 4 is 23.4 Å². The summed E-state index contributed by atoms with van der Waals surface area (Å²) in [5, 5.41) is 2.92. The van der Waals surface area contributed by atoms with Crippen LogP contribution >= 0.6 is 0 Å². The molecule has 1 aromatic carbocycles. The van der Waals surface area contributed by atoms with Crippen molar-refractivity contribution in [3.05, 3.63) is 30.3 Å². The second-order valence-electron chi connectivity index (χ2n) is 7.96. The fourth-order valence-corrected chi connectivity index (χ4v) is 4.14. The molecule has 7 heteroatoms. The summed E-state index contributed by atoms with van der Waals surface area (Å²) in [5.41, 5.74) is 0.823. The molecule has 1 N–H and O–H groups in total. The molecule has 2 fully saturated rings. The standard InChI is InChI=1S/C22H31N3O4/c1-29-14-13-25-16-18(15-21(25)27)22(28)24-11-9-17(10-12-24)7-8-20(26)23-19-5-3-2-4-6-19/h2-6,17-18H,7-16H2,1H3,(H,23,26). The average molecular weight is 402 g/mol. The number of hydrogen-bond donors (Lipinski definition) is 1. The minimum absolute atomic E-state index is 0.0373. The molecule has 2 aliphatic heterocycles. The number of methoxy groups -OCH3 is 1. The SMILES string of the molecule is COCCN1CC(C(=O)N2CCC(CCC(=O)Nc3ccccc3)CC2)CC1=O. The van der Waals surface area contributed by atoms with Crippen LogP contribution in [-0.4, -0.2) is 67.4 Å². The number of anilines is 1. The first-order valence-electron chi connectivity index (χ1n) is 10.5. The van der Waals surface area contributed by atoms with E-state index in [1.807, 2.05) is 35.2 Å². The molecule has 7 nitrogen and oxygen atoms in total. The van der Waals surface area contributed by atoms with Crippen molar-refractivity contribution < 1.29 is 19.1 Å². The summed E-state index contributed by atoms with van der Waals surface area (Å²) in [5.74, 6) is 0.408. The van der Waals surface area contributed by atoms with Gasteiger partial charge in [0.05, 0.1) is 12.5 Å². The van der Waals surface area contributed by atoms with E-state index in [1.165, 1.54) is 0 Å².